The van der Waals surface area contributed by atoms with Gasteiger partial charge in [0.25, 0.3) is 0 Å². The summed E-state index contributed by atoms with van der Waals surface area (Å²) in [6, 6.07) is 0. The van der Waals surface area contributed by atoms with Gasteiger partial charge in [0.15, 0.2) is 0 Å². The molecule has 0 aliphatic carbocycles. The zero-order chi connectivity index (χ0) is 44.8. The van der Waals surface area contributed by atoms with Gasteiger partial charge >= 0.3 is 0 Å². The van der Waals surface area contributed by atoms with Crippen molar-refractivity contribution in [2.24, 2.45) is 0 Å². The number of carbonyl (C=O) groups is 2. The zero-order valence-electron chi connectivity index (χ0n) is 43.0. The fraction of sp³-hybridized carbons (Fsp3) is 0.966. The van der Waals surface area contributed by atoms with E-state index in [0.717, 1.165) is 25.7 Å². The highest BCUT2D eigenvalue weighted by Gasteiger charge is 2.04. The van der Waals surface area contributed by atoms with E-state index in [1.807, 2.05) is 0 Å². The van der Waals surface area contributed by atoms with Gasteiger partial charge in [-0.05, 0) is 12.8 Å². The Hall–Kier alpha value is -1.06. The van der Waals surface area contributed by atoms with Gasteiger partial charge in [0.2, 0.25) is 11.8 Å². The van der Waals surface area contributed by atoms with Crippen molar-refractivity contribution in [3.8, 4) is 0 Å². The van der Waals surface area contributed by atoms with Gasteiger partial charge in [-0.25, -0.2) is 0 Å². The third-order valence-corrected chi connectivity index (χ3v) is 13.8. The van der Waals surface area contributed by atoms with E-state index in [4.69, 9.17) is 0 Å². The standard InChI is InChI=1S/C58H116N2O2/c1-3-5-7-9-11-13-15-17-19-21-23-25-27-29-31-33-35-37-39-41-43-45-47-49-51-53-57(61)59-55-56-60-58(62)54-52-50-48-46-44-42-40-38-36-34-32-30-28-26-24-22-20-18-16-14-12-10-8-6-4-2/h3-56H2,1-2H3,(H,59,61)(H,60,62). The van der Waals surface area contributed by atoms with Gasteiger partial charge in [-0.2, -0.15) is 0 Å². The van der Waals surface area contributed by atoms with Crippen molar-refractivity contribution in [1.82, 2.24) is 10.6 Å². The lowest BCUT2D eigenvalue weighted by atomic mass is 10.0. The quantitative estimate of drug-likeness (QED) is 0.0598. The summed E-state index contributed by atoms with van der Waals surface area (Å²) in [5, 5.41) is 5.98. The van der Waals surface area contributed by atoms with Crippen LogP contribution in [0.5, 0.6) is 0 Å². The van der Waals surface area contributed by atoms with Crippen molar-refractivity contribution in [3.63, 3.8) is 0 Å². The van der Waals surface area contributed by atoms with Crippen LogP contribution in [0.1, 0.15) is 348 Å². The van der Waals surface area contributed by atoms with Crippen LogP contribution in [0.3, 0.4) is 0 Å². The Morgan fingerprint density at radius 2 is 0.339 bits per heavy atom. The molecule has 2 amide bonds. The lowest BCUT2D eigenvalue weighted by Crippen LogP contribution is -2.34. The molecule has 0 aromatic heterocycles. The maximum atomic E-state index is 12.2. The minimum atomic E-state index is 0.133. The highest BCUT2D eigenvalue weighted by atomic mass is 16.2. The molecule has 0 unspecified atom stereocenters. The van der Waals surface area contributed by atoms with E-state index in [1.54, 1.807) is 0 Å². The molecule has 0 bridgehead atoms. The van der Waals surface area contributed by atoms with Gasteiger partial charge in [-0.15, -0.1) is 0 Å². The summed E-state index contributed by atoms with van der Waals surface area (Å²) in [5.41, 5.74) is 0. The summed E-state index contributed by atoms with van der Waals surface area (Å²) >= 11 is 0. The summed E-state index contributed by atoms with van der Waals surface area (Å²) in [7, 11) is 0. The Kier molecular flexibility index (Phi) is 55.1. The topological polar surface area (TPSA) is 58.2 Å². The Morgan fingerprint density at radius 1 is 0.210 bits per heavy atom. The van der Waals surface area contributed by atoms with Crippen LogP contribution in [0, 0.1) is 0 Å². The molecule has 370 valence electrons. The Labute approximate surface area is 391 Å². The second-order valence-electron chi connectivity index (χ2n) is 20.2. The van der Waals surface area contributed by atoms with Gasteiger partial charge in [-0.3, -0.25) is 9.59 Å². The van der Waals surface area contributed by atoms with Crippen molar-refractivity contribution in [2.75, 3.05) is 13.1 Å². The number of hydrogen-bond acceptors (Lipinski definition) is 2. The van der Waals surface area contributed by atoms with E-state index >= 15 is 0 Å². The van der Waals surface area contributed by atoms with Gasteiger partial charge < -0.3 is 10.6 Å². The summed E-state index contributed by atoms with van der Waals surface area (Å²) < 4.78 is 0. The van der Waals surface area contributed by atoms with Crippen molar-refractivity contribution < 1.29 is 9.59 Å². The molecule has 0 fully saturated rings. The van der Waals surface area contributed by atoms with E-state index < -0.39 is 0 Å². The molecule has 4 nitrogen and oxygen atoms in total. The predicted molar refractivity (Wildman–Crippen MR) is 277 cm³/mol. The van der Waals surface area contributed by atoms with Crippen LogP contribution in [0.4, 0.5) is 0 Å². The smallest absolute Gasteiger partial charge is 0.220 e. The Bertz CT molecular complexity index is 777. The van der Waals surface area contributed by atoms with E-state index in [9.17, 15) is 9.59 Å². The van der Waals surface area contributed by atoms with Crippen LogP contribution in [-0.2, 0) is 9.59 Å². The molecule has 0 atom stereocenters. The molecule has 0 aromatic rings. The molecule has 0 spiro atoms. The monoisotopic (exact) mass is 873 g/mol. The van der Waals surface area contributed by atoms with Gasteiger partial charge in [-0.1, -0.05) is 322 Å². The average Bonchev–Trinajstić information content (AvgIpc) is 3.27. The first-order valence-electron chi connectivity index (χ1n) is 29.2. The van der Waals surface area contributed by atoms with Crippen LogP contribution < -0.4 is 10.6 Å². The minimum absolute atomic E-state index is 0.133. The fourth-order valence-corrected chi connectivity index (χ4v) is 9.43. The molecular formula is C58H116N2O2. The molecule has 0 aromatic carbocycles. The number of carbonyl (C=O) groups excluding carboxylic acids is 2. The second kappa shape index (κ2) is 56.1. The minimum Gasteiger partial charge on any atom is -0.354 e. The predicted octanol–water partition coefficient (Wildman–Crippen LogP) is 19.5. The first kappa shape index (κ1) is 60.9. The summed E-state index contributed by atoms with van der Waals surface area (Å²) in [6.45, 7) is 5.69. The van der Waals surface area contributed by atoms with Crippen molar-refractivity contribution >= 4 is 11.8 Å². The maximum absolute atomic E-state index is 12.2. The van der Waals surface area contributed by atoms with Crippen molar-refractivity contribution in [1.29, 1.82) is 0 Å². The number of amides is 2. The normalized spacial score (nSPS) is 11.5. The van der Waals surface area contributed by atoms with Crippen LogP contribution in [0.15, 0.2) is 0 Å². The lowest BCUT2D eigenvalue weighted by molar-refractivity contribution is -0.123. The maximum Gasteiger partial charge on any atom is 0.220 e. The van der Waals surface area contributed by atoms with Crippen molar-refractivity contribution in [3.05, 3.63) is 0 Å². The molecule has 62 heavy (non-hydrogen) atoms. The lowest BCUT2D eigenvalue weighted by Gasteiger charge is -2.07. The average molecular weight is 874 g/mol. The summed E-state index contributed by atoms with van der Waals surface area (Å²) in [6.07, 6.45) is 71.0. The number of nitrogens with one attached hydrogen (secondary N) is 2. The van der Waals surface area contributed by atoms with E-state index in [0.29, 0.717) is 25.9 Å². The molecule has 0 heterocycles. The Morgan fingerprint density at radius 3 is 0.484 bits per heavy atom. The molecule has 0 aliphatic heterocycles. The van der Waals surface area contributed by atoms with Crippen LogP contribution >= 0.6 is 0 Å². The summed E-state index contributed by atoms with van der Waals surface area (Å²) in [5.74, 6) is 0.266. The fourth-order valence-electron chi connectivity index (χ4n) is 9.43. The van der Waals surface area contributed by atoms with Gasteiger partial charge in [0.05, 0.1) is 0 Å². The molecule has 0 radical (unpaired) electrons. The highest BCUT2D eigenvalue weighted by Crippen LogP contribution is 2.18. The highest BCUT2D eigenvalue weighted by molar-refractivity contribution is 5.77. The third kappa shape index (κ3) is 55.1. The zero-order valence-corrected chi connectivity index (χ0v) is 43.0. The molecule has 2 N–H and O–H groups in total. The van der Waals surface area contributed by atoms with Crippen molar-refractivity contribution in [2.45, 2.75) is 348 Å². The molecule has 0 saturated carbocycles. The molecule has 0 saturated heterocycles. The SMILES string of the molecule is CCCCCCCCCCCCCCCCCCCCCCCCCCCC(=O)NCCNC(=O)CCCCCCCCCCCCCCCCCCCCCCCCCCC. The van der Waals surface area contributed by atoms with E-state index in [-0.39, 0.29) is 11.8 Å². The van der Waals surface area contributed by atoms with Crippen LogP contribution in [-0.4, -0.2) is 24.9 Å². The molecular weight excluding hydrogens is 757 g/mol. The van der Waals surface area contributed by atoms with E-state index in [2.05, 4.69) is 24.5 Å². The van der Waals surface area contributed by atoms with Gasteiger partial charge in [0.1, 0.15) is 0 Å². The van der Waals surface area contributed by atoms with E-state index in [1.165, 1.54) is 295 Å². The summed E-state index contributed by atoms with van der Waals surface area (Å²) in [4.78, 5) is 24.4. The van der Waals surface area contributed by atoms with Crippen LogP contribution in [0.2, 0.25) is 0 Å². The molecule has 0 aliphatic rings. The van der Waals surface area contributed by atoms with Crippen LogP contribution in [0.25, 0.3) is 0 Å². The Balaban J connectivity index is 3.22. The first-order valence-corrected chi connectivity index (χ1v) is 29.2. The number of rotatable bonds is 55. The first-order chi connectivity index (χ1) is 30.7. The molecule has 4 heteroatoms. The molecule has 0 rings (SSSR count). The number of hydrogen-bond donors (Lipinski definition) is 2. The largest absolute Gasteiger partial charge is 0.354 e. The van der Waals surface area contributed by atoms with Gasteiger partial charge in [0, 0.05) is 25.9 Å². The number of unbranched alkanes of at least 4 members (excludes halogenated alkanes) is 48. The second-order valence-corrected chi connectivity index (χ2v) is 20.2. The third-order valence-electron chi connectivity index (χ3n) is 13.8.